The molecule has 158 valence electrons. The van der Waals surface area contributed by atoms with E-state index < -0.39 is 0 Å². The molecule has 1 saturated heterocycles. The van der Waals surface area contributed by atoms with Crippen LogP contribution in [0, 0.1) is 6.92 Å². The van der Waals surface area contributed by atoms with Crippen LogP contribution in [0.25, 0.3) is 10.9 Å². The third kappa shape index (κ3) is 3.40. The number of hydrogen-bond donors (Lipinski definition) is 2. The monoisotopic (exact) mass is 428 g/mol. The minimum absolute atomic E-state index is 0. The van der Waals surface area contributed by atoms with E-state index in [1.54, 1.807) is 4.90 Å². The molecule has 0 aliphatic carbocycles. The maximum atomic E-state index is 13.2. The molecule has 2 aliphatic heterocycles. The number of aromatic amines is 1. The number of carbonyl (C=O) groups is 1. The van der Waals surface area contributed by atoms with E-state index in [9.17, 15) is 9.59 Å². The van der Waals surface area contributed by atoms with E-state index in [1.165, 1.54) is 0 Å². The number of nitrogens with one attached hydrogen (secondary N) is 2. The van der Waals surface area contributed by atoms with Gasteiger partial charge < -0.3 is 19.8 Å². The molecule has 30 heavy (non-hydrogen) atoms. The second kappa shape index (κ2) is 8.20. The normalized spacial score (nSPS) is 16.9. The highest BCUT2D eigenvalue weighted by molar-refractivity contribution is 5.99. The Morgan fingerprint density at radius 1 is 1.13 bits per heavy atom. The molecule has 3 aromatic rings. The Labute approximate surface area is 180 Å². The van der Waals surface area contributed by atoms with Gasteiger partial charge in [0.05, 0.1) is 6.54 Å². The van der Waals surface area contributed by atoms with Gasteiger partial charge in [0.25, 0.3) is 11.5 Å². The fraction of sp³-hybridized carbons (Fsp3) is 0.429. The summed E-state index contributed by atoms with van der Waals surface area (Å²) in [5.74, 6) is 2.14. The summed E-state index contributed by atoms with van der Waals surface area (Å²) in [4.78, 5) is 30.5. The number of para-hydroxylation sites is 1. The van der Waals surface area contributed by atoms with Gasteiger partial charge in [-0.1, -0.05) is 18.2 Å². The molecule has 1 aromatic carbocycles. The van der Waals surface area contributed by atoms with Crippen molar-refractivity contribution in [2.75, 3.05) is 19.6 Å². The smallest absolute Gasteiger partial charge is 0.261 e. The van der Waals surface area contributed by atoms with Crippen molar-refractivity contribution in [3.63, 3.8) is 0 Å². The summed E-state index contributed by atoms with van der Waals surface area (Å²) < 4.78 is 2.22. The van der Waals surface area contributed by atoms with Gasteiger partial charge >= 0.3 is 0 Å². The van der Waals surface area contributed by atoms with E-state index in [0.29, 0.717) is 19.0 Å². The van der Waals surface area contributed by atoms with E-state index >= 15 is 0 Å². The number of aromatic nitrogens is 4. The predicted octanol–water partition coefficient (Wildman–Crippen LogP) is 1.97. The lowest BCUT2D eigenvalue weighted by Crippen LogP contribution is -2.41. The molecule has 9 heteroatoms. The Balaban J connectivity index is 0.00000218. The van der Waals surface area contributed by atoms with Crippen LogP contribution in [0.5, 0.6) is 0 Å². The summed E-state index contributed by atoms with van der Waals surface area (Å²) >= 11 is 0. The molecule has 2 N–H and O–H groups in total. The topological polar surface area (TPSA) is 95.9 Å². The zero-order chi connectivity index (χ0) is 20.0. The van der Waals surface area contributed by atoms with E-state index in [-0.39, 0.29) is 29.4 Å². The molecule has 5 rings (SSSR count). The summed E-state index contributed by atoms with van der Waals surface area (Å²) in [5.41, 5.74) is 1.45. The second-order valence-corrected chi connectivity index (χ2v) is 7.87. The first-order chi connectivity index (χ1) is 14.1. The molecule has 8 nitrogen and oxygen atoms in total. The third-order valence-corrected chi connectivity index (χ3v) is 6.19. The van der Waals surface area contributed by atoms with Gasteiger partial charge in [-0.15, -0.1) is 22.6 Å². The molecule has 0 radical (unpaired) electrons. The molecule has 0 atom stereocenters. The van der Waals surface area contributed by atoms with Crippen molar-refractivity contribution in [3.8, 4) is 0 Å². The maximum Gasteiger partial charge on any atom is 0.261 e. The van der Waals surface area contributed by atoms with Crippen LogP contribution in [0.1, 0.15) is 46.3 Å². The summed E-state index contributed by atoms with van der Waals surface area (Å²) in [6.45, 7) is 5.68. The van der Waals surface area contributed by atoms with Gasteiger partial charge in [-0.3, -0.25) is 9.59 Å². The first kappa shape index (κ1) is 20.6. The molecular formula is C21H25ClN6O2. The van der Waals surface area contributed by atoms with Gasteiger partial charge in [0.1, 0.15) is 17.2 Å². The number of aryl methyl sites for hydroxylation is 1. The molecule has 0 bridgehead atoms. The van der Waals surface area contributed by atoms with Crippen LogP contribution in [-0.2, 0) is 13.1 Å². The van der Waals surface area contributed by atoms with Gasteiger partial charge in [0, 0.05) is 43.0 Å². The summed E-state index contributed by atoms with van der Waals surface area (Å²) in [6.07, 6.45) is 1.67. The van der Waals surface area contributed by atoms with Crippen molar-refractivity contribution in [1.29, 1.82) is 0 Å². The molecule has 1 fully saturated rings. The number of benzene rings is 1. The van der Waals surface area contributed by atoms with Gasteiger partial charge in [0.15, 0.2) is 0 Å². The van der Waals surface area contributed by atoms with Crippen LogP contribution in [0.15, 0.2) is 29.1 Å². The fourth-order valence-electron chi connectivity index (χ4n) is 4.58. The first-order valence-corrected chi connectivity index (χ1v) is 10.2. The lowest BCUT2D eigenvalue weighted by atomic mass is 9.94. The molecule has 4 heterocycles. The molecule has 0 spiro atoms. The summed E-state index contributed by atoms with van der Waals surface area (Å²) in [7, 11) is 0. The SMILES string of the molecule is Cc1c(C(=O)N2CCC(c3nnc4n3CCNC4)CC2)c(=O)[nH]c2ccccc12.Cl. The van der Waals surface area contributed by atoms with Crippen molar-refractivity contribution in [1.82, 2.24) is 30.0 Å². The van der Waals surface area contributed by atoms with Crippen molar-refractivity contribution in [2.45, 2.75) is 38.8 Å². The Bertz CT molecular complexity index is 1150. The highest BCUT2D eigenvalue weighted by Gasteiger charge is 2.30. The molecular weight excluding hydrogens is 404 g/mol. The second-order valence-electron chi connectivity index (χ2n) is 7.87. The van der Waals surface area contributed by atoms with Gasteiger partial charge in [0.2, 0.25) is 0 Å². The van der Waals surface area contributed by atoms with Crippen molar-refractivity contribution in [2.24, 2.45) is 0 Å². The van der Waals surface area contributed by atoms with Crippen molar-refractivity contribution < 1.29 is 4.79 Å². The highest BCUT2D eigenvalue weighted by atomic mass is 35.5. The minimum atomic E-state index is -0.313. The maximum absolute atomic E-state index is 13.2. The number of amides is 1. The highest BCUT2D eigenvalue weighted by Crippen LogP contribution is 2.29. The number of pyridine rings is 1. The average molecular weight is 429 g/mol. The zero-order valence-electron chi connectivity index (χ0n) is 16.9. The lowest BCUT2D eigenvalue weighted by molar-refractivity contribution is 0.0707. The number of likely N-dealkylation sites (tertiary alicyclic amines) is 1. The fourth-order valence-corrected chi connectivity index (χ4v) is 4.58. The number of rotatable bonds is 2. The van der Waals surface area contributed by atoms with E-state index in [1.807, 2.05) is 31.2 Å². The molecule has 2 aliphatic rings. The quantitative estimate of drug-likeness (QED) is 0.650. The van der Waals surface area contributed by atoms with Crippen LogP contribution in [0.3, 0.4) is 0 Å². The molecule has 2 aromatic heterocycles. The van der Waals surface area contributed by atoms with Crippen LogP contribution in [0.2, 0.25) is 0 Å². The number of H-pyrrole nitrogens is 1. The van der Waals surface area contributed by atoms with Gasteiger partial charge in [-0.05, 0) is 31.4 Å². The molecule has 1 amide bonds. The molecule has 0 saturated carbocycles. The largest absolute Gasteiger partial charge is 0.338 e. The van der Waals surface area contributed by atoms with E-state index in [4.69, 9.17) is 0 Å². The van der Waals surface area contributed by atoms with Crippen LogP contribution < -0.4 is 10.9 Å². The van der Waals surface area contributed by atoms with Crippen LogP contribution in [0.4, 0.5) is 0 Å². The standard InChI is InChI=1S/C21H24N6O2.ClH/c1-13-15-4-2-3-5-16(15)23-20(28)18(13)21(29)26-9-6-14(7-10-26)19-25-24-17-12-22-8-11-27(17)19;/h2-5,14,22H,6-12H2,1H3,(H,23,28);1H. The minimum Gasteiger partial charge on any atom is -0.338 e. The van der Waals surface area contributed by atoms with Crippen molar-refractivity contribution >= 4 is 29.2 Å². The van der Waals surface area contributed by atoms with E-state index in [2.05, 4.69) is 25.1 Å². The number of carbonyl (C=O) groups excluding carboxylic acids is 1. The summed E-state index contributed by atoms with van der Waals surface area (Å²) in [5, 5.41) is 13.0. The van der Waals surface area contributed by atoms with Gasteiger partial charge in [-0.2, -0.15) is 0 Å². The summed E-state index contributed by atoms with van der Waals surface area (Å²) in [6, 6.07) is 7.59. The van der Waals surface area contributed by atoms with Crippen molar-refractivity contribution in [3.05, 3.63) is 57.4 Å². The Morgan fingerprint density at radius 2 is 1.90 bits per heavy atom. The zero-order valence-corrected chi connectivity index (χ0v) is 17.7. The number of piperidine rings is 1. The van der Waals surface area contributed by atoms with Gasteiger partial charge in [-0.25, -0.2) is 0 Å². The number of hydrogen-bond acceptors (Lipinski definition) is 5. The van der Waals surface area contributed by atoms with Crippen LogP contribution >= 0.6 is 12.4 Å². The molecule has 0 unspecified atom stereocenters. The number of fused-ring (bicyclic) bond motifs is 2. The lowest BCUT2D eigenvalue weighted by Gasteiger charge is -2.32. The Hall–Kier alpha value is -2.71. The average Bonchev–Trinajstić information content (AvgIpc) is 3.18. The Morgan fingerprint density at radius 3 is 2.70 bits per heavy atom. The predicted molar refractivity (Wildman–Crippen MR) is 116 cm³/mol. The number of nitrogens with zero attached hydrogens (tertiary/aromatic N) is 4. The number of halogens is 1. The van der Waals surface area contributed by atoms with Crippen LogP contribution in [-0.4, -0.2) is 50.2 Å². The first-order valence-electron chi connectivity index (χ1n) is 10.2. The Kier molecular flexibility index (Phi) is 5.62. The van der Waals surface area contributed by atoms with E-state index in [0.717, 1.165) is 60.6 Å². The third-order valence-electron chi connectivity index (χ3n) is 6.19.